The maximum absolute atomic E-state index is 14.4. The second-order valence-corrected chi connectivity index (χ2v) is 19.6. The van der Waals surface area contributed by atoms with Crippen LogP contribution in [0.5, 0.6) is 0 Å². The van der Waals surface area contributed by atoms with Crippen molar-refractivity contribution in [3.05, 3.63) is 87.0 Å². The lowest BCUT2D eigenvalue weighted by atomic mass is 9.84. The van der Waals surface area contributed by atoms with Crippen molar-refractivity contribution in [2.45, 2.75) is 164 Å². The second kappa shape index (κ2) is 21.3. The molecule has 2 N–H and O–H groups in total. The number of methoxy groups -OCH3 is 1. The molecule has 0 saturated heterocycles. The fourth-order valence-corrected chi connectivity index (χ4v) is 10.2. The molecule has 0 saturated carbocycles. The quantitative estimate of drug-likeness (QED) is 0.0657. The van der Waals surface area contributed by atoms with E-state index in [0.29, 0.717) is 28.8 Å². The highest BCUT2D eigenvalue weighted by atomic mass is 16.5. The van der Waals surface area contributed by atoms with E-state index < -0.39 is 11.9 Å². The molecule has 0 unspecified atom stereocenters. The van der Waals surface area contributed by atoms with Gasteiger partial charge in [-0.1, -0.05) is 105 Å². The van der Waals surface area contributed by atoms with Crippen molar-refractivity contribution < 1.29 is 23.9 Å². The van der Waals surface area contributed by atoms with Gasteiger partial charge in [0, 0.05) is 57.2 Å². The van der Waals surface area contributed by atoms with Crippen molar-refractivity contribution in [1.29, 1.82) is 0 Å². The van der Waals surface area contributed by atoms with E-state index in [9.17, 15) is 14.4 Å². The number of ether oxygens (including phenoxy) is 2. The number of carbonyl (C=O) groups is 3. The zero-order valence-electron chi connectivity index (χ0n) is 40.7. The predicted molar refractivity (Wildman–Crippen MR) is 262 cm³/mol. The van der Waals surface area contributed by atoms with Crippen molar-refractivity contribution in [2.75, 3.05) is 13.7 Å². The van der Waals surface area contributed by atoms with Gasteiger partial charge in [-0.25, -0.2) is 4.98 Å². The summed E-state index contributed by atoms with van der Waals surface area (Å²) in [5.41, 5.74) is 13.4. The lowest BCUT2D eigenvalue weighted by Crippen LogP contribution is -2.21. The third-order valence-electron chi connectivity index (χ3n) is 14.4. The zero-order valence-corrected chi connectivity index (χ0v) is 40.7. The second-order valence-electron chi connectivity index (χ2n) is 19.6. The Hall–Kier alpha value is -5.05. The van der Waals surface area contributed by atoms with Gasteiger partial charge in [-0.05, 0) is 118 Å². The molecule has 2 aliphatic heterocycles. The summed E-state index contributed by atoms with van der Waals surface area (Å²) in [6.07, 6.45) is 16.6. The molecule has 9 nitrogen and oxygen atoms in total. The number of aromatic nitrogens is 4. The van der Waals surface area contributed by atoms with E-state index in [1.807, 2.05) is 25.1 Å². The molecule has 3 aromatic rings. The van der Waals surface area contributed by atoms with E-state index in [1.165, 1.54) is 57.6 Å². The van der Waals surface area contributed by atoms with Gasteiger partial charge in [0.05, 0.1) is 29.7 Å². The van der Waals surface area contributed by atoms with Crippen LogP contribution in [0.1, 0.15) is 206 Å². The summed E-state index contributed by atoms with van der Waals surface area (Å²) in [6, 6.07) is 6.14. The Morgan fingerprint density at radius 1 is 0.859 bits per heavy atom. The molecule has 0 fully saturated rings. The molecule has 5 atom stereocenters. The van der Waals surface area contributed by atoms with Crippen LogP contribution in [0.25, 0.3) is 39.3 Å². The number of carbonyl (C=O) groups excluding carboxylic acids is 3. The molecule has 0 amide bonds. The number of nitrogens with zero attached hydrogens (tertiary/aromatic N) is 2. The number of allylic oxidation sites excluding steroid dienone is 3. The summed E-state index contributed by atoms with van der Waals surface area (Å²) in [5.74, 6) is -0.519. The van der Waals surface area contributed by atoms with Crippen molar-refractivity contribution in [1.82, 2.24) is 19.9 Å². The van der Waals surface area contributed by atoms with Gasteiger partial charge in [0.25, 0.3) is 0 Å². The minimum Gasteiger partial charge on any atom is -0.468 e. The number of Topliss-reactive ketones (excluding diaryl/α,β-unsaturated/α-hetero) is 1. The first-order valence-electron chi connectivity index (χ1n) is 24.1. The van der Waals surface area contributed by atoms with Crippen molar-refractivity contribution in [2.24, 2.45) is 17.8 Å². The molecule has 1 aliphatic carbocycles. The highest BCUT2D eigenvalue weighted by molar-refractivity contribution is 6.23. The molecule has 8 bridgehead atoms. The van der Waals surface area contributed by atoms with Crippen LogP contribution in [0.4, 0.5) is 0 Å². The van der Waals surface area contributed by atoms with Crippen LogP contribution in [0.3, 0.4) is 0 Å². The predicted octanol–water partition coefficient (Wildman–Crippen LogP) is 14.0. The van der Waals surface area contributed by atoms with E-state index in [-0.39, 0.29) is 36.6 Å². The molecule has 3 aliphatic rings. The average molecular weight is 871 g/mol. The maximum Gasteiger partial charge on any atom is 0.321 e. The lowest BCUT2D eigenvalue weighted by Gasteiger charge is -2.18. The van der Waals surface area contributed by atoms with Crippen molar-refractivity contribution >= 4 is 57.0 Å². The first-order chi connectivity index (χ1) is 30.6. The van der Waals surface area contributed by atoms with Crippen LogP contribution in [-0.2, 0) is 19.1 Å². The Morgan fingerprint density at radius 3 is 2.17 bits per heavy atom. The number of aromatic amines is 2. The molecule has 9 heteroatoms. The first kappa shape index (κ1) is 48.4. The van der Waals surface area contributed by atoms with Crippen LogP contribution >= 0.6 is 0 Å². The fourth-order valence-electron chi connectivity index (χ4n) is 10.2. The van der Waals surface area contributed by atoms with E-state index in [4.69, 9.17) is 19.4 Å². The number of hydrogen-bond acceptors (Lipinski definition) is 7. The van der Waals surface area contributed by atoms with Crippen LogP contribution in [0.15, 0.2) is 36.4 Å². The molecule has 5 heterocycles. The lowest BCUT2D eigenvalue weighted by molar-refractivity contribution is -0.143. The van der Waals surface area contributed by atoms with Crippen molar-refractivity contribution in [3.8, 4) is 0 Å². The SMILES string of the molecule is C=Cc1c(C)c2cc3nc(c4c5[nH]c(cc6nc(cc1[nH]2)C(C)=C6CC)c(C)c5C(=O)[C@@H]4C(=O)OC)[C@@H](CCC(=O)OC/C=C(\C)CCC[C@H](C)CCC[C@H](C)CCCC(C)C)[C@@H]3C. The van der Waals surface area contributed by atoms with Gasteiger partial charge in [0.1, 0.15) is 12.5 Å². The summed E-state index contributed by atoms with van der Waals surface area (Å²) in [5, 5.41) is 0. The van der Waals surface area contributed by atoms with Crippen LogP contribution < -0.4 is 0 Å². The van der Waals surface area contributed by atoms with Gasteiger partial charge in [0.2, 0.25) is 0 Å². The molecular weight excluding hydrogens is 797 g/mol. The summed E-state index contributed by atoms with van der Waals surface area (Å²) >= 11 is 0. The van der Waals surface area contributed by atoms with Gasteiger partial charge in [-0.2, -0.15) is 0 Å². The number of nitrogens with one attached hydrogen (secondary N) is 2. The number of ketones is 1. The summed E-state index contributed by atoms with van der Waals surface area (Å²) in [7, 11) is 1.31. The number of rotatable bonds is 20. The Bertz CT molecular complexity index is 2480. The normalized spacial score (nSPS) is 18.2. The Balaban J connectivity index is 1.24. The maximum atomic E-state index is 14.4. The molecule has 3 aromatic heterocycles. The molecule has 0 radical (unpaired) electrons. The molecule has 0 spiro atoms. The van der Waals surface area contributed by atoms with Gasteiger partial charge in [-0.3, -0.25) is 19.4 Å². The van der Waals surface area contributed by atoms with E-state index in [0.717, 1.165) is 98.5 Å². The zero-order chi connectivity index (χ0) is 46.4. The number of esters is 2. The van der Waals surface area contributed by atoms with E-state index in [1.54, 1.807) is 0 Å². The third-order valence-corrected chi connectivity index (χ3v) is 14.4. The van der Waals surface area contributed by atoms with E-state index in [2.05, 4.69) is 91.0 Å². The Labute approximate surface area is 382 Å². The van der Waals surface area contributed by atoms with Crippen LogP contribution in [0, 0.1) is 31.6 Å². The van der Waals surface area contributed by atoms with Gasteiger partial charge in [-0.15, -0.1) is 0 Å². The molecule has 344 valence electrons. The standard InChI is InChI=1S/C55H74N4O5/c1-13-39-35(8)42-28-44-37(10)41(24-25-48(60)64-27-26-34(7)23-17-22-33(6)21-16-20-32(5)19-15-18-31(3)4)52(58-44)50-51(55(62)63-12)54(61)49-38(11)45(59-53(49)50)30-47-40(14-2)36(9)43(57-47)29-46(39)56-42/h13,26,28-33,37,41,51,56,59H,1,14-25,27H2,2-12H3/b34-26+,42-28?,43-29?,44-28?,45-30?,46-29?,47-30?,52-50?/t32-,33-,37+,41+,51-/m1/s1. The van der Waals surface area contributed by atoms with Gasteiger partial charge in [0.15, 0.2) is 5.78 Å². The largest absolute Gasteiger partial charge is 0.468 e. The van der Waals surface area contributed by atoms with Crippen LogP contribution in [-0.4, -0.2) is 51.4 Å². The van der Waals surface area contributed by atoms with E-state index >= 15 is 0 Å². The minimum absolute atomic E-state index is 0.149. The number of H-pyrrole nitrogens is 2. The first-order valence-corrected chi connectivity index (χ1v) is 24.1. The number of fused-ring (bicyclic) bond motifs is 8. The molecule has 0 aromatic carbocycles. The fraction of sp³-hybridized carbons (Fsp3) is 0.545. The van der Waals surface area contributed by atoms with Gasteiger partial charge >= 0.3 is 11.9 Å². The Kier molecular flexibility index (Phi) is 16.1. The Morgan fingerprint density at radius 2 is 1.52 bits per heavy atom. The minimum atomic E-state index is -1.18. The van der Waals surface area contributed by atoms with Gasteiger partial charge < -0.3 is 19.4 Å². The monoisotopic (exact) mass is 871 g/mol. The molecule has 6 rings (SSSR count). The molecular formula is C55H74N4O5. The highest BCUT2D eigenvalue weighted by Crippen LogP contribution is 2.48. The number of hydrogen-bond donors (Lipinski definition) is 2. The summed E-state index contributed by atoms with van der Waals surface area (Å²) < 4.78 is 11.1. The van der Waals surface area contributed by atoms with Crippen molar-refractivity contribution in [3.63, 3.8) is 0 Å². The summed E-state index contributed by atoms with van der Waals surface area (Å²) in [4.78, 5) is 59.0. The highest BCUT2D eigenvalue weighted by Gasteiger charge is 2.45. The van der Waals surface area contributed by atoms with Crippen LogP contribution in [0.2, 0.25) is 0 Å². The third kappa shape index (κ3) is 10.6. The molecule has 64 heavy (non-hydrogen) atoms. The average Bonchev–Trinajstić information content (AvgIpc) is 3.99. The topological polar surface area (TPSA) is 127 Å². The summed E-state index contributed by atoms with van der Waals surface area (Å²) in [6.45, 7) is 26.2. The number of aryl methyl sites for hydroxylation is 2. The smallest absolute Gasteiger partial charge is 0.321 e.